The second-order valence-corrected chi connectivity index (χ2v) is 5.16. The zero-order valence-electron chi connectivity index (χ0n) is 11.2. The van der Waals surface area contributed by atoms with Crippen molar-refractivity contribution in [1.82, 2.24) is 0 Å². The molecule has 1 N–H and O–H groups in total. The van der Waals surface area contributed by atoms with Crippen LogP contribution in [0.5, 0.6) is 0 Å². The van der Waals surface area contributed by atoms with Gasteiger partial charge in [-0.25, -0.2) is 13.6 Å². The highest BCUT2D eigenvalue weighted by atomic mass is 79.9. The normalized spacial score (nSPS) is 12.0. The van der Waals surface area contributed by atoms with Crippen LogP contribution in [0.2, 0.25) is 0 Å². The summed E-state index contributed by atoms with van der Waals surface area (Å²) >= 11 is 2.91. The Labute approximate surface area is 128 Å². The Bertz CT molecular complexity index is 672. The molecule has 7 heteroatoms. The van der Waals surface area contributed by atoms with E-state index in [0.717, 1.165) is 12.1 Å². The first-order valence-electron chi connectivity index (χ1n) is 6.01. The molecule has 1 unspecified atom stereocenters. The van der Waals surface area contributed by atoms with Gasteiger partial charge in [-0.05, 0) is 41.1 Å². The standard InChI is InChI=1S/C14H12BrF2NO3/c1-7(12-3-4-13(21-12)14(19)20-2)18-11-6-9(16)8(15)5-10(11)17/h3-7,18H,1-2H3. The second kappa shape index (κ2) is 6.26. The number of carbonyl (C=O) groups excluding carboxylic acids is 1. The van der Waals surface area contributed by atoms with Crippen molar-refractivity contribution in [2.24, 2.45) is 0 Å². The Morgan fingerprint density at radius 2 is 2.05 bits per heavy atom. The smallest absolute Gasteiger partial charge is 0.373 e. The van der Waals surface area contributed by atoms with Crippen LogP contribution in [0, 0.1) is 11.6 Å². The molecule has 0 radical (unpaired) electrons. The molecule has 0 bridgehead atoms. The summed E-state index contributed by atoms with van der Waals surface area (Å²) in [7, 11) is 1.24. The van der Waals surface area contributed by atoms with Crippen LogP contribution >= 0.6 is 15.9 Å². The predicted octanol–water partition coefficient (Wildman–Crippen LogP) is 4.28. The molecule has 0 amide bonds. The summed E-state index contributed by atoms with van der Waals surface area (Å²) in [4.78, 5) is 11.3. The van der Waals surface area contributed by atoms with Crippen LogP contribution in [0.15, 0.2) is 33.2 Å². The van der Waals surface area contributed by atoms with Crippen molar-refractivity contribution in [2.75, 3.05) is 12.4 Å². The fourth-order valence-corrected chi connectivity index (χ4v) is 2.05. The van der Waals surface area contributed by atoms with Gasteiger partial charge in [-0.3, -0.25) is 0 Å². The molecule has 112 valence electrons. The third-order valence-electron chi connectivity index (χ3n) is 2.82. The van der Waals surface area contributed by atoms with E-state index in [1.165, 1.54) is 13.2 Å². The Balaban J connectivity index is 2.18. The molecule has 0 saturated heterocycles. The van der Waals surface area contributed by atoms with Crippen LogP contribution in [0.25, 0.3) is 0 Å². The molecule has 4 nitrogen and oxygen atoms in total. The number of benzene rings is 1. The highest BCUT2D eigenvalue weighted by Gasteiger charge is 2.17. The highest BCUT2D eigenvalue weighted by Crippen LogP contribution is 2.27. The highest BCUT2D eigenvalue weighted by molar-refractivity contribution is 9.10. The molecule has 0 saturated carbocycles. The SMILES string of the molecule is COC(=O)c1ccc(C(C)Nc2cc(F)c(Br)cc2F)o1. The van der Waals surface area contributed by atoms with Gasteiger partial charge in [-0.1, -0.05) is 0 Å². The van der Waals surface area contributed by atoms with Crippen LogP contribution in [0.3, 0.4) is 0 Å². The quantitative estimate of drug-likeness (QED) is 0.653. The molecule has 0 aliphatic rings. The molecule has 0 aliphatic heterocycles. The van der Waals surface area contributed by atoms with Crippen molar-refractivity contribution in [3.8, 4) is 0 Å². The Kier molecular flexibility index (Phi) is 4.62. The monoisotopic (exact) mass is 359 g/mol. The van der Waals surface area contributed by atoms with E-state index in [0.29, 0.717) is 5.76 Å². The maximum absolute atomic E-state index is 13.7. The van der Waals surface area contributed by atoms with Crippen LogP contribution in [-0.2, 0) is 4.74 Å². The molecule has 1 aromatic heterocycles. The molecule has 0 spiro atoms. The molecule has 1 heterocycles. The molecule has 1 atom stereocenters. The summed E-state index contributed by atoms with van der Waals surface area (Å²) in [6.07, 6.45) is 0. The van der Waals surface area contributed by atoms with Crippen molar-refractivity contribution >= 4 is 27.6 Å². The van der Waals surface area contributed by atoms with Crippen LogP contribution < -0.4 is 5.32 Å². The van der Waals surface area contributed by atoms with E-state index in [1.807, 2.05) is 0 Å². The third kappa shape index (κ3) is 3.41. The van der Waals surface area contributed by atoms with Gasteiger partial charge in [0.05, 0.1) is 23.3 Å². The van der Waals surface area contributed by atoms with E-state index in [4.69, 9.17) is 4.42 Å². The van der Waals surface area contributed by atoms with Gasteiger partial charge in [-0.15, -0.1) is 0 Å². The molecule has 0 fully saturated rings. The van der Waals surface area contributed by atoms with Gasteiger partial charge in [0.2, 0.25) is 5.76 Å². The number of ether oxygens (including phenoxy) is 1. The Hall–Kier alpha value is -1.89. The first-order valence-corrected chi connectivity index (χ1v) is 6.80. The number of anilines is 1. The first kappa shape index (κ1) is 15.5. The van der Waals surface area contributed by atoms with Crippen molar-refractivity contribution in [2.45, 2.75) is 13.0 Å². The molecular weight excluding hydrogens is 348 g/mol. The van der Waals surface area contributed by atoms with Crippen molar-refractivity contribution in [3.63, 3.8) is 0 Å². The van der Waals surface area contributed by atoms with Gasteiger partial charge < -0.3 is 14.5 Å². The second-order valence-electron chi connectivity index (χ2n) is 4.31. The lowest BCUT2D eigenvalue weighted by Crippen LogP contribution is -2.08. The summed E-state index contributed by atoms with van der Waals surface area (Å²) < 4.78 is 37.0. The molecule has 1 aromatic carbocycles. The molecule has 2 aromatic rings. The topological polar surface area (TPSA) is 51.5 Å². The van der Waals surface area contributed by atoms with Gasteiger partial charge in [0.25, 0.3) is 0 Å². The predicted molar refractivity (Wildman–Crippen MR) is 76.1 cm³/mol. The fraction of sp³-hybridized carbons (Fsp3) is 0.214. The molecule has 0 aliphatic carbocycles. The number of furan rings is 1. The van der Waals surface area contributed by atoms with E-state index in [1.54, 1.807) is 13.0 Å². The number of methoxy groups -OCH3 is 1. The Morgan fingerprint density at radius 1 is 1.33 bits per heavy atom. The average molecular weight is 360 g/mol. The molecule has 21 heavy (non-hydrogen) atoms. The zero-order chi connectivity index (χ0) is 15.6. The maximum atomic E-state index is 13.7. The van der Waals surface area contributed by atoms with Crippen molar-refractivity contribution in [1.29, 1.82) is 0 Å². The van der Waals surface area contributed by atoms with Gasteiger partial charge in [-0.2, -0.15) is 0 Å². The van der Waals surface area contributed by atoms with E-state index < -0.39 is 23.6 Å². The van der Waals surface area contributed by atoms with Crippen LogP contribution in [0.1, 0.15) is 29.3 Å². The van der Waals surface area contributed by atoms with Crippen molar-refractivity contribution in [3.05, 3.63) is 51.9 Å². The molecular formula is C14H12BrF2NO3. The lowest BCUT2D eigenvalue weighted by atomic mass is 10.2. The van der Waals surface area contributed by atoms with Crippen LogP contribution in [0.4, 0.5) is 14.5 Å². The van der Waals surface area contributed by atoms with E-state index in [2.05, 4.69) is 26.0 Å². The van der Waals surface area contributed by atoms with E-state index in [-0.39, 0.29) is 15.9 Å². The average Bonchev–Trinajstić information content (AvgIpc) is 2.93. The number of rotatable bonds is 4. The van der Waals surface area contributed by atoms with Gasteiger partial charge in [0.1, 0.15) is 17.4 Å². The summed E-state index contributed by atoms with van der Waals surface area (Å²) in [5, 5.41) is 2.78. The summed E-state index contributed by atoms with van der Waals surface area (Å²) in [5.41, 5.74) is -0.000724. The van der Waals surface area contributed by atoms with Crippen LogP contribution in [-0.4, -0.2) is 13.1 Å². The molecule has 2 rings (SSSR count). The number of hydrogen-bond acceptors (Lipinski definition) is 4. The fourth-order valence-electron chi connectivity index (χ4n) is 1.73. The lowest BCUT2D eigenvalue weighted by molar-refractivity contribution is 0.0562. The number of hydrogen-bond donors (Lipinski definition) is 1. The van der Waals surface area contributed by atoms with E-state index in [9.17, 15) is 13.6 Å². The number of carbonyl (C=O) groups is 1. The van der Waals surface area contributed by atoms with Gasteiger partial charge >= 0.3 is 5.97 Å². The number of halogens is 3. The number of esters is 1. The third-order valence-corrected chi connectivity index (χ3v) is 3.43. The van der Waals surface area contributed by atoms with Gasteiger partial charge in [0, 0.05) is 6.07 Å². The van der Waals surface area contributed by atoms with Crippen molar-refractivity contribution < 1.29 is 22.7 Å². The summed E-state index contributed by atoms with van der Waals surface area (Å²) in [5.74, 6) is -1.34. The summed E-state index contributed by atoms with van der Waals surface area (Å²) in [6.45, 7) is 1.69. The summed E-state index contributed by atoms with van der Waals surface area (Å²) in [6, 6.07) is 4.64. The zero-order valence-corrected chi connectivity index (χ0v) is 12.8. The minimum atomic E-state index is -0.602. The minimum absolute atomic E-state index is 0.000724. The maximum Gasteiger partial charge on any atom is 0.373 e. The van der Waals surface area contributed by atoms with Gasteiger partial charge in [0.15, 0.2) is 0 Å². The Morgan fingerprint density at radius 3 is 2.71 bits per heavy atom. The first-order chi connectivity index (χ1) is 9.92. The largest absolute Gasteiger partial charge is 0.463 e. The van der Waals surface area contributed by atoms with E-state index >= 15 is 0 Å². The number of nitrogens with one attached hydrogen (secondary N) is 1. The minimum Gasteiger partial charge on any atom is -0.463 e. The lowest BCUT2D eigenvalue weighted by Gasteiger charge is -2.14.